The van der Waals surface area contributed by atoms with E-state index in [9.17, 15) is 9.90 Å². The Balaban J connectivity index is 2.19. The SMILES string of the molecule is CCc1ccc(NC(=O)/C(C#N)=C\c2ccccc2O)cc1. The second kappa shape index (κ2) is 7.09. The Morgan fingerprint density at radius 2 is 1.91 bits per heavy atom. The molecule has 0 radical (unpaired) electrons. The molecule has 2 N–H and O–H groups in total. The summed E-state index contributed by atoms with van der Waals surface area (Å²) in [5.41, 5.74) is 2.15. The summed E-state index contributed by atoms with van der Waals surface area (Å²) in [7, 11) is 0. The van der Waals surface area contributed by atoms with Crippen molar-refractivity contribution >= 4 is 17.7 Å². The molecule has 22 heavy (non-hydrogen) atoms. The number of para-hydroxylation sites is 1. The highest BCUT2D eigenvalue weighted by atomic mass is 16.3. The van der Waals surface area contributed by atoms with Crippen LogP contribution in [-0.4, -0.2) is 11.0 Å². The summed E-state index contributed by atoms with van der Waals surface area (Å²) in [6, 6.07) is 15.8. The monoisotopic (exact) mass is 292 g/mol. The highest BCUT2D eigenvalue weighted by Crippen LogP contribution is 2.19. The Morgan fingerprint density at radius 1 is 1.23 bits per heavy atom. The van der Waals surface area contributed by atoms with Crippen LogP contribution in [0.25, 0.3) is 6.08 Å². The van der Waals surface area contributed by atoms with Gasteiger partial charge < -0.3 is 10.4 Å². The van der Waals surface area contributed by atoms with E-state index < -0.39 is 5.91 Å². The molecule has 2 aromatic carbocycles. The number of nitriles is 1. The van der Waals surface area contributed by atoms with E-state index in [0.29, 0.717) is 11.3 Å². The molecule has 0 saturated carbocycles. The summed E-state index contributed by atoms with van der Waals surface area (Å²) in [5.74, 6) is -0.481. The number of rotatable bonds is 4. The number of carbonyl (C=O) groups excluding carboxylic acids is 1. The van der Waals surface area contributed by atoms with E-state index in [1.807, 2.05) is 18.2 Å². The lowest BCUT2D eigenvalue weighted by molar-refractivity contribution is -0.112. The zero-order valence-corrected chi connectivity index (χ0v) is 12.2. The number of hydrogen-bond donors (Lipinski definition) is 2. The van der Waals surface area contributed by atoms with Crippen molar-refractivity contribution in [2.24, 2.45) is 0 Å². The van der Waals surface area contributed by atoms with E-state index >= 15 is 0 Å². The van der Waals surface area contributed by atoms with Gasteiger partial charge in [0.2, 0.25) is 0 Å². The highest BCUT2D eigenvalue weighted by molar-refractivity contribution is 6.09. The number of benzene rings is 2. The third-order valence-electron chi connectivity index (χ3n) is 3.22. The number of carbonyl (C=O) groups is 1. The minimum atomic E-state index is -0.505. The first-order valence-electron chi connectivity index (χ1n) is 6.94. The van der Waals surface area contributed by atoms with Crippen LogP contribution >= 0.6 is 0 Å². The molecule has 0 aromatic heterocycles. The molecular weight excluding hydrogens is 276 g/mol. The average Bonchev–Trinajstić information content (AvgIpc) is 2.54. The van der Waals surface area contributed by atoms with Crippen molar-refractivity contribution in [3.63, 3.8) is 0 Å². The molecular formula is C18H16N2O2. The van der Waals surface area contributed by atoms with Gasteiger partial charge in [-0.1, -0.05) is 37.3 Å². The van der Waals surface area contributed by atoms with E-state index in [2.05, 4.69) is 12.2 Å². The summed E-state index contributed by atoms with van der Waals surface area (Å²) in [6.07, 6.45) is 2.29. The van der Waals surface area contributed by atoms with Crippen LogP contribution in [0.2, 0.25) is 0 Å². The number of aryl methyl sites for hydroxylation is 1. The first kappa shape index (κ1) is 15.3. The number of aromatic hydroxyl groups is 1. The van der Waals surface area contributed by atoms with Crippen molar-refractivity contribution in [3.8, 4) is 11.8 Å². The fraction of sp³-hybridized carbons (Fsp3) is 0.111. The number of nitrogens with zero attached hydrogens (tertiary/aromatic N) is 1. The van der Waals surface area contributed by atoms with Gasteiger partial charge in [0.25, 0.3) is 5.91 Å². The number of phenolic OH excluding ortho intramolecular Hbond substituents is 1. The van der Waals surface area contributed by atoms with Crippen LogP contribution in [-0.2, 0) is 11.2 Å². The molecule has 0 atom stereocenters. The first-order chi connectivity index (χ1) is 10.6. The fourth-order valence-electron chi connectivity index (χ4n) is 1.94. The van der Waals surface area contributed by atoms with Gasteiger partial charge in [-0.2, -0.15) is 5.26 Å². The van der Waals surface area contributed by atoms with Crippen LogP contribution in [0.15, 0.2) is 54.1 Å². The Labute approximate surface area is 129 Å². The lowest BCUT2D eigenvalue weighted by Crippen LogP contribution is -2.13. The van der Waals surface area contributed by atoms with Gasteiger partial charge in [-0.05, 0) is 36.3 Å². The second-order valence-corrected chi connectivity index (χ2v) is 4.73. The van der Waals surface area contributed by atoms with Crippen LogP contribution in [0, 0.1) is 11.3 Å². The molecule has 0 spiro atoms. The summed E-state index contributed by atoms with van der Waals surface area (Å²) < 4.78 is 0. The predicted octanol–water partition coefficient (Wildman–Crippen LogP) is 3.50. The third kappa shape index (κ3) is 3.74. The van der Waals surface area contributed by atoms with Gasteiger partial charge in [0.1, 0.15) is 17.4 Å². The van der Waals surface area contributed by atoms with Crippen LogP contribution in [0.4, 0.5) is 5.69 Å². The maximum Gasteiger partial charge on any atom is 0.266 e. The van der Waals surface area contributed by atoms with Gasteiger partial charge in [0.05, 0.1) is 0 Å². The van der Waals surface area contributed by atoms with Crippen molar-refractivity contribution in [3.05, 3.63) is 65.2 Å². The Kier molecular flexibility index (Phi) is 4.94. The van der Waals surface area contributed by atoms with Gasteiger partial charge in [0, 0.05) is 11.3 Å². The number of amides is 1. The van der Waals surface area contributed by atoms with Crippen molar-refractivity contribution in [1.82, 2.24) is 0 Å². The number of nitrogens with one attached hydrogen (secondary N) is 1. The maximum absolute atomic E-state index is 12.1. The standard InChI is InChI=1S/C18H16N2O2/c1-2-13-7-9-16(10-8-13)20-18(22)15(12-19)11-14-5-3-4-6-17(14)21/h3-11,21H,2H2,1H3,(H,20,22)/b15-11-. The largest absolute Gasteiger partial charge is 0.507 e. The van der Waals surface area contributed by atoms with E-state index in [4.69, 9.17) is 5.26 Å². The molecule has 0 aliphatic carbocycles. The molecule has 2 rings (SSSR count). The van der Waals surface area contributed by atoms with Gasteiger partial charge in [-0.3, -0.25) is 4.79 Å². The smallest absolute Gasteiger partial charge is 0.266 e. The quantitative estimate of drug-likeness (QED) is 0.669. The second-order valence-electron chi connectivity index (χ2n) is 4.73. The molecule has 0 fully saturated rings. The summed E-state index contributed by atoms with van der Waals surface area (Å²) >= 11 is 0. The zero-order valence-electron chi connectivity index (χ0n) is 12.2. The van der Waals surface area contributed by atoms with Gasteiger partial charge in [0.15, 0.2) is 0 Å². The molecule has 0 aliphatic heterocycles. The summed E-state index contributed by atoms with van der Waals surface area (Å²) in [5, 5.41) is 21.5. The van der Waals surface area contributed by atoms with Gasteiger partial charge >= 0.3 is 0 Å². The van der Waals surface area contributed by atoms with Crippen LogP contribution in [0.1, 0.15) is 18.1 Å². The van der Waals surface area contributed by atoms with Gasteiger partial charge in [-0.25, -0.2) is 0 Å². The van der Waals surface area contributed by atoms with E-state index in [1.165, 1.54) is 17.7 Å². The average molecular weight is 292 g/mol. The normalized spacial score (nSPS) is 10.8. The van der Waals surface area contributed by atoms with Crippen molar-refractivity contribution < 1.29 is 9.90 Å². The van der Waals surface area contributed by atoms with Crippen LogP contribution < -0.4 is 5.32 Å². The molecule has 0 bridgehead atoms. The molecule has 0 heterocycles. The predicted molar refractivity (Wildman–Crippen MR) is 86.1 cm³/mol. The van der Waals surface area contributed by atoms with Crippen LogP contribution in [0.5, 0.6) is 5.75 Å². The molecule has 4 nitrogen and oxygen atoms in total. The third-order valence-corrected chi connectivity index (χ3v) is 3.22. The number of anilines is 1. The molecule has 4 heteroatoms. The minimum Gasteiger partial charge on any atom is -0.507 e. The van der Waals surface area contributed by atoms with Gasteiger partial charge in [-0.15, -0.1) is 0 Å². The fourth-order valence-corrected chi connectivity index (χ4v) is 1.94. The molecule has 0 aliphatic rings. The maximum atomic E-state index is 12.1. The first-order valence-corrected chi connectivity index (χ1v) is 6.94. The van der Waals surface area contributed by atoms with Crippen molar-refractivity contribution in [1.29, 1.82) is 5.26 Å². The molecule has 2 aromatic rings. The minimum absolute atomic E-state index is 0.0235. The number of phenols is 1. The van der Waals surface area contributed by atoms with E-state index in [0.717, 1.165) is 6.42 Å². The van der Waals surface area contributed by atoms with Crippen molar-refractivity contribution in [2.45, 2.75) is 13.3 Å². The molecule has 110 valence electrons. The van der Waals surface area contributed by atoms with Crippen molar-refractivity contribution in [2.75, 3.05) is 5.32 Å². The summed E-state index contributed by atoms with van der Waals surface area (Å²) in [6.45, 7) is 2.05. The molecule has 1 amide bonds. The Morgan fingerprint density at radius 3 is 2.50 bits per heavy atom. The Hall–Kier alpha value is -3.06. The molecule has 0 saturated heterocycles. The summed E-state index contributed by atoms with van der Waals surface area (Å²) in [4.78, 5) is 12.1. The highest BCUT2D eigenvalue weighted by Gasteiger charge is 2.10. The van der Waals surface area contributed by atoms with E-state index in [-0.39, 0.29) is 11.3 Å². The van der Waals surface area contributed by atoms with E-state index in [1.54, 1.807) is 30.3 Å². The zero-order chi connectivity index (χ0) is 15.9. The van der Waals surface area contributed by atoms with Crippen LogP contribution in [0.3, 0.4) is 0 Å². The Bertz CT molecular complexity index is 740. The lowest BCUT2D eigenvalue weighted by Gasteiger charge is -2.05. The number of hydrogen-bond acceptors (Lipinski definition) is 3. The molecule has 0 unspecified atom stereocenters. The topological polar surface area (TPSA) is 73.1 Å². The lowest BCUT2D eigenvalue weighted by atomic mass is 10.1.